The molecule has 0 radical (unpaired) electrons. The van der Waals surface area contributed by atoms with E-state index in [9.17, 15) is 18.0 Å². The summed E-state index contributed by atoms with van der Waals surface area (Å²) in [6.45, 7) is 1.98. The van der Waals surface area contributed by atoms with Gasteiger partial charge in [-0.25, -0.2) is 5.06 Å². The zero-order chi connectivity index (χ0) is 17.0. The summed E-state index contributed by atoms with van der Waals surface area (Å²) in [7, 11) is 1.40. The number of halogens is 3. The third kappa shape index (κ3) is 4.46. The Hall–Kier alpha value is -1.57. The van der Waals surface area contributed by atoms with Crippen LogP contribution in [0.15, 0.2) is 12.3 Å². The van der Waals surface area contributed by atoms with Crippen LogP contribution in [0.2, 0.25) is 0 Å². The lowest BCUT2D eigenvalue weighted by Crippen LogP contribution is -2.39. The molecule has 1 amide bonds. The molecular formula is C15H22F3N3O2. The van der Waals surface area contributed by atoms with Crippen LogP contribution in [0.1, 0.15) is 50.8 Å². The van der Waals surface area contributed by atoms with Gasteiger partial charge in [0.05, 0.1) is 13.7 Å². The van der Waals surface area contributed by atoms with Gasteiger partial charge in [0.15, 0.2) is 5.69 Å². The average Bonchev–Trinajstić information content (AvgIpc) is 3.02. The predicted molar refractivity (Wildman–Crippen MR) is 77.2 cm³/mol. The zero-order valence-corrected chi connectivity index (χ0v) is 13.3. The van der Waals surface area contributed by atoms with Crippen LogP contribution in [0.3, 0.4) is 0 Å². The lowest BCUT2D eigenvalue weighted by atomic mass is 9.89. The smallest absolute Gasteiger partial charge is 0.274 e. The second kappa shape index (κ2) is 7.33. The average molecular weight is 333 g/mol. The van der Waals surface area contributed by atoms with Crippen LogP contribution in [-0.2, 0) is 15.8 Å². The second-order valence-corrected chi connectivity index (χ2v) is 5.94. The second-order valence-electron chi connectivity index (χ2n) is 5.94. The molecule has 130 valence electrons. The number of hydroxylamine groups is 2. The van der Waals surface area contributed by atoms with Crippen molar-refractivity contribution in [2.45, 2.75) is 51.2 Å². The van der Waals surface area contributed by atoms with Gasteiger partial charge in [-0.3, -0.25) is 14.3 Å². The lowest BCUT2D eigenvalue weighted by Gasteiger charge is -2.29. The van der Waals surface area contributed by atoms with Crippen molar-refractivity contribution < 1.29 is 22.8 Å². The van der Waals surface area contributed by atoms with Crippen LogP contribution in [0.5, 0.6) is 0 Å². The molecule has 1 fully saturated rings. The number of carbonyl (C=O) groups excluding carboxylic acids is 1. The van der Waals surface area contributed by atoms with E-state index in [1.165, 1.54) is 31.7 Å². The minimum Gasteiger partial charge on any atom is -0.274 e. The van der Waals surface area contributed by atoms with E-state index in [4.69, 9.17) is 4.84 Å². The summed E-state index contributed by atoms with van der Waals surface area (Å²) in [6.07, 6.45) is 2.22. The van der Waals surface area contributed by atoms with E-state index in [0.29, 0.717) is 12.5 Å². The Labute approximate surface area is 133 Å². The van der Waals surface area contributed by atoms with Crippen molar-refractivity contribution in [3.63, 3.8) is 0 Å². The third-order valence-corrected chi connectivity index (χ3v) is 4.27. The first kappa shape index (κ1) is 17.8. The van der Waals surface area contributed by atoms with Gasteiger partial charge in [0, 0.05) is 6.20 Å². The topological polar surface area (TPSA) is 47.4 Å². The third-order valence-electron chi connectivity index (χ3n) is 4.27. The van der Waals surface area contributed by atoms with E-state index in [1.807, 2.05) is 0 Å². The molecule has 2 rings (SSSR count). The first-order chi connectivity index (χ1) is 10.8. The molecule has 1 aromatic rings. The molecule has 0 saturated heterocycles. The summed E-state index contributed by atoms with van der Waals surface area (Å²) >= 11 is 0. The molecule has 0 N–H and O–H groups in total. The Morgan fingerprint density at radius 1 is 1.43 bits per heavy atom. The minimum atomic E-state index is -4.52. The van der Waals surface area contributed by atoms with Crippen LogP contribution in [0, 0.1) is 5.92 Å². The van der Waals surface area contributed by atoms with E-state index in [2.05, 4.69) is 5.10 Å². The summed E-state index contributed by atoms with van der Waals surface area (Å²) < 4.78 is 38.8. The van der Waals surface area contributed by atoms with Gasteiger partial charge in [-0.1, -0.05) is 19.3 Å². The molecule has 0 spiro atoms. The molecule has 1 heterocycles. The maximum atomic E-state index is 12.6. The number of nitrogens with zero attached hydrogens (tertiary/aromatic N) is 3. The van der Waals surface area contributed by atoms with Crippen molar-refractivity contribution in [3.8, 4) is 0 Å². The molecule has 5 nitrogen and oxygen atoms in total. The number of alkyl halides is 3. The molecule has 1 saturated carbocycles. The quantitative estimate of drug-likeness (QED) is 0.776. The molecule has 1 aliphatic carbocycles. The molecular weight excluding hydrogens is 311 g/mol. The summed E-state index contributed by atoms with van der Waals surface area (Å²) in [5.74, 6) is -0.0156. The molecule has 0 bridgehead atoms. The maximum absolute atomic E-state index is 12.6. The molecule has 23 heavy (non-hydrogen) atoms. The lowest BCUT2D eigenvalue weighted by molar-refractivity contribution is -0.183. The van der Waals surface area contributed by atoms with E-state index in [1.54, 1.807) is 0 Å². The highest BCUT2D eigenvalue weighted by Crippen LogP contribution is 2.28. The minimum absolute atomic E-state index is 0.378. The summed E-state index contributed by atoms with van der Waals surface area (Å²) in [5.41, 5.74) is -1.01. The first-order valence-electron chi connectivity index (χ1n) is 7.80. The van der Waals surface area contributed by atoms with Gasteiger partial charge < -0.3 is 0 Å². The fourth-order valence-electron chi connectivity index (χ4n) is 2.89. The van der Waals surface area contributed by atoms with E-state index >= 15 is 0 Å². The Bertz CT molecular complexity index is 524. The predicted octanol–water partition coefficient (Wildman–Crippen LogP) is 3.43. The van der Waals surface area contributed by atoms with Crippen LogP contribution in [0.4, 0.5) is 13.2 Å². The number of hydrogen-bond donors (Lipinski definition) is 0. The van der Waals surface area contributed by atoms with Gasteiger partial charge in [-0.2, -0.15) is 18.3 Å². The highest BCUT2D eigenvalue weighted by atomic mass is 19.4. The number of carbonyl (C=O) groups is 1. The van der Waals surface area contributed by atoms with Crippen molar-refractivity contribution in [2.24, 2.45) is 5.92 Å². The molecule has 1 atom stereocenters. The Morgan fingerprint density at radius 3 is 2.61 bits per heavy atom. The maximum Gasteiger partial charge on any atom is 0.435 e. The van der Waals surface area contributed by atoms with Crippen molar-refractivity contribution in [2.75, 3.05) is 13.7 Å². The van der Waals surface area contributed by atoms with Gasteiger partial charge in [0.2, 0.25) is 0 Å². The number of rotatable bonds is 5. The van der Waals surface area contributed by atoms with Crippen LogP contribution < -0.4 is 0 Å². The molecule has 1 aliphatic rings. The zero-order valence-electron chi connectivity index (χ0n) is 13.3. The number of amides is 1. The van der Waals surface area contributed by atoms with Crippen molar-refractivity contribution >= 4 is 5.91 Å². The van der Waals surface area contributed by atoms with Gasteiger partial charge in [0.25, 0.3) is 5.91 Å². The van der Waals surface area contributed by atoms with Crippen molar-refractivity contribution in [1.82, 2.24) is 14.8 Å². The fourth-order valence-corrected chi connectivity index (χ4v) is 2.89. The van der Waals surface area contributed by atoms with E-state index < -0.39 is 23.8 Å². The molecule has 0 aromatic carbocycles. The molecule has 1 aromatic heterocycles. The SMILES string of the molecule is CON(CC1CCCCC1)C(=O)C(C)n1ccc(C(F)(F)F)n1. The van der Waals surface area contributed by atoms with Crippen LogP contribution in [-0.4, -0.2) is 34.4 Å². The van der Waals surface area contributed by atoms with E-state index in [0.717, 1.165) is 36.4 Å². The van der Waals surface area contributed by atoms with Gasteiger partial charge in [-0.05, 0) is 31.7 Å². The van der Waals surface area contributed by atoms with Gasteiger partial charge in [0.1, 0.15) is 6.04 Å². The Balaban J connectivity index is 2.02. The van der Waals surface area contributed by atoms with Crippen molar-refractivity contribution in [1.29, 1.82) is 0 Å². The van der Waals surface area contributed by atoms with Crippen LogP contribution >= 0.6 is 0 Å². The van der Waals surface area contributed by atoms with E-state index in [-0.39, 0.29) is 0 Å². The normalized spacial score (nSPS) is 18.0. The summed E-state index contributed by atoms with van der Waals surface area (Å²) in [4.78, 5) is 17.6. The van der Waals surface area contributed by atoms with Gasteiger partial charge in [-0.15, -0.1) is 0 Å². The van der Waals surface area contributed by atoms with Crippen molar-refractivity contribution in [3.05, 3.63) is 18.0 Å². The number of aromatic nitrogens is 2. The van der Waals surface area contributed by atoms with Crippen LogP contribution in [0.25, 0.3) is 0 Å². The molecule has 0 aliphatic heterocycles. The molecule has 1 unspecified atom stereocenters. The molecule has 8 heteroatoms. The monoisotopic (exact) mass is 333 g/mol. The number of hydrogen-bond acceptors (Lipinski definition) is 3. The highest BCUT2D eigenvalue weighted by Gasteiger charge is 2.35. The Morgan fingerprint density at radius 2 is 2.09 bits per heavy atom. The summed E-state index contributed by atoms with van der Waals surface area (Å²) in [5, 5.41) is 4.70. The standard InChI is InChI=1S/C15H22F3N3O2/c1-11(20-9-8-13(19-20)15(16,17)18)14(22)21(23-2)10-12-6-4-3-5-7-12/h8-9,11-12H,3-7,10H2,1-2H3. The largest absolute Gasteiger partial charge is 0.435 e. The first-order valence-corrected chi connectivity index (χ1v) is 7.80. The highest BCUT2D eigenvalue weighted by molar-refractivity contribution is 5.79. The summed E-state index contributed by atoms with van der Waals surface area (Å²) in [6, 6.07) is 0.0110. The fraction of sp³-hybridized carbons (Fsp3) is 0.733. The van der Waals surface area contributed by atoms with Gasteiger partial charge >= 0.3 is 6.18 Å². The Kier molecular flexibility index (Phi) is 5.67.